The van der Waals surface area contributed by atoms with Crippen LogP contribution in [-0.2, 0) is 27.2 Å². The number of thiophene rings is 1. The van der Waals surface area contributed by atoms with Crippen molar-refractivity contribution < 1.29 is 19.1 Å². The molecule has 1 aromatic heterocycles. The van der Waals surface area contributed by atoms with Gasteiger partial charge in [0.15, 0.2) is 0 Å². The number of ether oxygens (including phenoxy) is 1. The molecule has 0 saturated carbocycles. The summed E-state index contributed by atoms with van der Waals surface area (Å²) in [4.78, 5) is 39.6. The molecule has 0 unspecified atom stereocenters. The fourth-order valence-corrected chi connectivity index (χ4v) is 6.26. The minimum atomic E-state index is -0.513. The third-order valence-electron chi connectivity index (χ3n) is 5.23. The molecular weight excluding hydrogens is 408 g/mol. The highest BCUT2D eigenvalue weighted by Crippen LogP contribution is 2.41. The van der Waals surface area contributed by atoms with E-state index < -0.39 is 11.2 Å². The number of anilines is 2. The van der Waals surface area contributed by atoms with Crippen molar-refractivity contribution in [3.05, 3.63) is 40.3 Å². The second kappa shape index (κ2) is 8.20. The van der Waals surface area contributed by atoms with Gasteiger partial charge in [-0.1, -0.05) is 19.1 Å². The lowest BCUT2D eigenvalue weighted by atomic mass is 9.88. The van der Waals surface area contributed by atoms with E-state index in [9.17, 15) is 14.4 Å². The van der Waals surface area contributed by atoms with Gasteiger partial charge in [0.05, 0.1) is 23.6 Å². The number of fused-ring (bicyclic) bond motifs is 2. The largest absolute Gasteiger partial charge is 0.465 e. The van der Waals surface area contributed by atoms with Crippen LogP contribution in [0.4, 0.5) is 10.7 Å². The molecule has 4 rings (SSSR count). The predicted molar refractivity (Wildman–Crippen MR) is 115 cm³/mol. The molecule has 152 valence electrons. The minimum Gasteiger partial charge on any atom is -0.465 e. The summed E-state index contributed by atoms with van der Waals surface area (Å²) in [5.41, 5.74) is 2.24. The van der Waals surface area contributed by atoms with Gasteiger partial charge in [0.25, 0.3) is 0 Å². The molecule has 2 atom stereocenters. The zero-order valence-electron chi connectivity index (χ0n) is 16.2. The zero-order valence-corrected chi connectivity index (χ0v) is 17.9. The smallest absolute Gasteiger partial charge is 0.341 e. The molecule has 6 nitrogen and oxygen atoms in total. The van der Waals surface area contributed by atoms with Crippen molar-refractivity contribution in [3.8, 4) is 0 Å². The van der Waals surface area contributed by atoms with Gasteiger partial charge in [-0.3, -0.25) is 9.59 Å². The SMILES string of the molecule is COC(=O)c1c(NC(=O)C[C@@H]2Sc3ccccc3NC2=O)sc2c1CC[C@H](C)C2. The maximum Gasteiger partial charge on any atom is 0.341 e. The van der Waals surface area contributed by atoms with Gasteiger partial charge in [-0.2, -0.15) is 0 Å². The maximum absolute atomic E-state index is 12.7. The van der Waals surface area contributed by atoms with Crippen LogP contribution in [0, 0.1) is 5.92 Å². The molecule has 0 radical (unpaired) electrons. The highest BCUT2D eigenvalue weighted by molar-refractivity contribution is 8.01. The summed E-state index contributed by atoms with van der Waals surface area (Å²) < 4.78 is 4.96. The van der Waals surface area contributed by atoms with E-state index in [0.29, 0.717) is 16.5 Å². The number of rotatable bonds is 4. The first-order valence-corrected chi connectivity index (χ1v) is 11.2. The number of thioether (sulfide) groups is 1. The molecular formula is C21H22N2O4S2. The highest BCUT2D eigenvalue weighted by Gasteiger charge is 2.31. The molecule has 2 heterocycles. The Morgan fingerprint density at radius 3 is 2.90 bits per heavy atom. The molecule has 2 aromatic rings. The Hall–Kier alpha value is -2.32. The first kappa shape index (κ1) is 20.0. The van der Waals surface area contributed by atoms with Crippen LogP contribution in [0.5, 0.6) is 0 Å². The fraction of sp³-hybridized carbons (Fsp3) is 0.381. The molecule has 1 aliphatic heterocycles. The van der Waals surface area contributed by atoms with Crippen LogP contribution in [0.2, 0.25) is 0 Å². The van der Waals surface area contributed by atoms with Crippen LogP contribution in [0.1, 0.15) is 40.6 Å². The summed E-state index contributed by atoms with van der Waals surface area (Å²) in [5.74, 6) is -0.339. The Balaban J connectivity index is 1.52. The van der Waals surface area contributed by atoms with E-state index in [1.165, 1.54) is 30.2 Å². The fourth-order valence-electron chi connectivity index (χ4n) is 3.73. The van der Waals surface area contributed by atoms with E-state index in [1.54, 1.807) is 0 Å². The first-order valence-electron chi connectivity index (χ1n) is 9.55. The van der Waals surface area contributed by atoms with Crippen LogP contribution in [-0.4, -0.2) is 30.1 Å². The Morgan fingerprint density at radius 2 is 2.10 bits per heavy atom. The third kappa shape index (κ3) is 4.04. The lowest BCUT2D eigenvalue weighted by molar-refractivity contribution is -0.120. The predicted octanol–water partition coefficient (Wildman–Crippen LogP) is 4.10. The number of carbonyl (C=O) groups is 3. The summed E-state index contributed by atoms with van der Waals surface area (Å²) in [6.07, 6.45) is 2.76. The molecule has 29 heavy (non-hydrogen) atoms. The maximum atomic E-state index is 12.7. The average molecular weight is 431 g/mol. The Kier molecular flexibility index (Phi) is 5.65. The van der Waals surface area contributed by atoms with Gasteiger partial charge in [-0.25, -0.2) is 4.79 Å². The molecule has 2 aliphatic rings. The van der Waals surface area contributed by atoms with Crippen molar-refractivity contribution >= 4 is 51.6 Å². The molecule has 0 spiro atoms. The first-order chi connectivity index (χ1) is 14.0. The van der Waals surface area contributed by atoms with Gasteiger partial charge >= 0.3 is 5.97 Å². The second-order valence-corrected chi connectivity index (χ2v) is 9.74. The molecule has 8 heteroatoms. The summed E-state index contributed by atoms with van der Waals surface area (Å²) >= 11 is 2.83. The van der Waals surface area contributed by atoms with E-state index in [4.69, 9.17) is 4.74 Å². The molecule has 0 bridgehead atoms. The van der Waals surface area contributed by atoms with Gasteiger partial charge in [-0.05, 0) is 42.9 Å². The van der Waals surface area contributed by atoms with Gasteiger partial charge in [0.2, 0.25) is 11.8 Å². The van der Waals surface area contributed by atoms with Gasteiger partial charge < -0.3 is 15.4 Å². The topological polar surface area (TPSA) is 84.5 Å². The summed E-state index contributed by atoms with van der Waals surface area (Å²) in [5, 5.41) is 5.74. The van der Waals surface area contributed by atoms with Crippen LogP contribution >= 0.6 is 23.1 Å². The number of hydrogen-bond acceptors (Lipinski definition) is 6. The van der Waals surface area contributed by atoms with Gasteiger partial charge in [0, 0.05) is 16.2 Å². The molecule has 2 amide bonds. The highest BCUT2D eigenvalue weighted by atomic mass is 32.2. The summed E-state index contributed by atoms with van der Waals surface area (Å²) in [7, 11) is 1.35. The quantitative estimate of drug-likeness (QED) is 0.714. The second-order valence-electron chi connectivity index (χ2n) is 7.39. The molecule has 1 aliphatic carbocycles. The molecule has 0 saturated heterocycles. The lowest BCUT2D eigenvalue weighted by Crippen LogP contribution is -2.32. The van der Waals surface area contributed by atoms with Crippen molar-refractivity contribution in [1.29, 1.82) is 0 Å². The van der Waals surface area contributed by atoms with Crippen molar-refractivity contribution in [3.63, 3.8) is 0 Å². The number of methoxy groups -OCH3 is 1. The lowest BCUT2D eigenvalue weighted by Gasteiger charge is -2.23. The monoisotopic (exact) mass is 430 g/mol. The number of esters is 1. The van der Waals surface area contributed by atoms with E-state index in [1.807, 2.05) is 24.3 Å². The Morgan fingerprint density at radius 1 is 1.31 bits per heavy atom. The normalized spacial score (nSPS) is 20.3. The number of amides is 2. The van der Waals surface area contributed by atoms with Crippen LogP contribution in [0.25, 0.3) is 0 Å². The van der Waals surface area contributed by atoms with E-state index in [-0.39, 0.29) is 18.2 Å². The van der Waals surface area contributed by atoms with Crippen LogP contribution < -0.4 is 10.6 Å². The van der Waals surface area contributed by atoms with Gasteiger partial charge in [-0.15, -0.1) is 23.1 Å². The number of nitrogens with one attached hydrogen (secondary N) is 2. The van der Waals surface area contributed by atoms with E-state index >= 15 is 0 Å². The standard InChI is InChI=1S/C21H22N2O4S2/c1-11-7-8-12-15(9-11)29-20(18(12)21(26)27-2)23-17(24)10-16-19(25)22-13-5-3-4-6-14(13)28-16/h3-6,11,16H,7-10H2,1-2H3,(H,22,25)(H,23,24)/t11-,16-/m0/s1. The summed E-state index contributed by atoms with van der Waals surface area (Å²) in [6.45, 7) is 2.19. The molecule has 2 N–H and O–H groups in total. The van der Waals surface area contributed by atoms with E-state index in [2.05, 4.69) is 17.6 Å². The Bertz CT molecular complexity index is 985. The average Bonchev–Trinajstić information content (AvgIpc) is 3.04. The van der Waals surface area contributed by atoms with Gasteiger partial charge in [0.1, 0.15) is 5.00 Å². The van der Waals surface area contributed by atoms with Crippen molar-refractivity contribution in [2.75, 3.05) is 17.7 Å². The number of benzene rings is 1. The van der Waals surface area contributed by atoms with Crippen molar-refractivity contribution in [2.24, 2.45) is 5.92 Å². The van der Waals surface area contributed by atoms with Crippen LogP contribution in [0.15, 0.2) is 29.2 Å². The number of para-hydroxylation sites is 1. The zero-order chi connectivity index (χ0) is 20.5. The molecule has 1 aromatic carbocycles. The summed E-state index contributed by atoms with van der Waals surface area (Å²) in [6, 6.07) is 7.53. The van der Waals surface area contributed by atoms with Crippen molar-refractivity contribution in [1.82, 2.24) is 0 Å². The van der Waals surface area contributed by atoms with Crippen LogP contribution in [0.3, 0.4) is 0 Å². The third-order valence-corrected chi connectivity index (χ3v) is 7.68. The number of carbonyl (C=O) groups excluding carboxylic acids is 3. The van der Waals surface area contributed by atoms with Crippen molar-refractivity contribution in [2.45, 2.75) is 42.8 Å². The Labute approximate surface area is 177 Å². The minimum absolute atomic E-state index is 0.0322. The molecule has 0 fully saturated rings. The number of hydrogen-bond donors (Lipinski definition) is 2. The van der Waals surface area contributed by atoms with E-state index in [0.717, 1.165) is 40.3 Å².